The molecular weight excluding hydrogens is 264 g/mol. The minimum atomic E-state index is -0.0963. The van der Waals surface area contributed by atoms with Crippen molar-refractivity contribution in [2.24, 2.45) is 5.92 Å². The SMILES string of the molecule is OC1CCN([C@H]2CCC[C@H]2NCCOCC2CCCC2)C1. The van der Waals surface area contributed by atoms with Crippen molar-refractivity contribution >= 4 is 0 Å². The molecule has 3 atom stereocenters. The van der Waals surface area contributed by atoms with E-state index in [0.29, 0.717) is 12.1 Å². The number of ether oxygens (including phenoxy) is 1. The molecular formula is C17H32N2O2. The predicted molar refractivity (Wildman–Crippen MR) is 84.4 cm³/mol. The van der Waals surface area contributed by atoms with Crippen LogP contribution in [-0.2, 0) is 4.74 Å². The van der Waals surface area contributed by atoms with Gasteiger partial charge in [0, 0.05) is 38.3 Å². The van der Waals surface area contributed by atoms with Crippen molar-refractivity contribution < 1.29 is 9.84 Å². The van der Waals surface area contributed by atoms with E-state index in [4.69, 9.17) is 4.74 Å². The molecule has 0 spiro atoms. The molecule has 0 aromatic heterocycles. The van der Waals surface area contributed by atoms with Crippen molar-refractivity contribution in [2.75, 3.05) is 32.8 Å². The maximum Gasteiger partial charge on any atom is 0.0679 e. The van der Waals surface area contributed by atoms with Gasteiger partial charge in [0.05, 0.1) is 12.7 Å². The van der Waals surface area contributed by atoms with Crippen LogP contribution in [0.25, 0.3) is 0 Å². The van der Waals surface area contributed by atoms with Crippen molar-refractivity contribution in [3.8, 4) is 0 Å². The molecule has 1 unspecified atom stereocenters. The van der Waals surface area contributed by atoms with Crippen LogP contribution >= 0.6 is 0 Å². The molecule has 3 rings (SSSR count). The summed E-state index contributed by atoms with van der Waals surface area (Å²) in [5.41, 5.74) is 0. The third-order valence-corrected chi connectivity index (χ3v) is 5.62. The second-order valence-corrected chi connectivity index (χ2v) is 7.22. The van der Waals surface area contributed by atoms with E-state index >= 15 is 0 Å². The second kappa shape index (κ2) is 7.91. The highest BCUT2D eigenvalue weighted by Gasteiger charge is 2.35. The van der Waals surface area contributed by atoms with Gasteiger partial charge in [0.2, 0.25) is 0 Å². The lowest BCUT2D eigenvalue weighted by Gasteiger charge is -2.30. The molecule has 1 aliphatic heterocycles. The highest BCUT2D eigenvalue weighted by atomic mass is 16.5. The van der Waals surface area contributed by atoms with E-state index in [2.05, 4.69) is 10.2 Å². The van der Waals surface area contributed by atoms with E-state index in [1.54, 1.807) is 0 Å². The van der Waals surface area contributed by atoms with Gasteiger partial charge in [-0.3, -0.25) is 4.90 Å². The molecule has 0 aromatic rings. The third kappa shape index (κ3) is 4.41. The van der Waals surface area contributed by atoms with Gasteiger partial charge in [0.15, 0.2) is 0 Å². The number of hydrogen-bond donors (Lipinski definition) is 2. The van der Waals surface area contributed by atoms with Crippen LogP contribution in [-0.4, -0.2) is 61.0 Å². The summed E-state index contributed by atoms with van der Waals surface area (Å²) in [5, 5.41) is 13.4. The number of hydrogen-bond acceptors (Lipinski definition) is 4. The van der Waals surface area contributed by atoms with Crippen LogP contribution in [0.2, 0.25) is 0 Å². The Morgan fingerprint density at radius 1 is 1.05 bits per heavy atom. The topological polar surface area (TPSA) is 44.7 Å². The zero-order valence-corrected chi connectivity index (χ0v) is 13.3. The Morgan fingerprint density at radius 2 is 1.90 bits per heavy atom. The number of aliphatic hydroxyl groups excluding tert-OH is 1. The Labute approximate surface area is 129 Å². The first-order chi connectivity index (χ1) is 10.3. The van der Waals surface area contributed by atoms with E-state index in [9.17, 15) is 5.11 Å². The molecule has 3 aliphatic rings. The minimum absolute atomic E-state index is 0.0963. The lowest BCUT2D eigenvalue weighted by molar-refractivity contribution is 0.0975. The first-order valence-corrected chi connectivity index (χ1v) is 9.06. The standard InChI is InChI=1S/C17H32N2O2/c20-15-8-10-19(12-15)17-7-3-6-16(17)18-9-11-21-13-14-4-1-2-5-14/h14-18,20H,1-13H2/t15?,16-,17+/m1/s1. The molecule has 21 heavy (non-hydrogen) atoms. The number of nitrogens with zero attached hydrogens (tertiary/aromatic N) is 1. The van der Waals surface area contributed by atoms with Crippen molar-refractivity contribution in [1.82, 2.24) is 10.2 Å². The van der Waals surface area contributed by atoms with Crippen LogP contribution in [0.5, 0.6) is 0 Å². The smallest absolute Gasteiger partial charge is 0.0679 e. The van der Waals surface area contributed by atoms with E-state index in [-0.39, 0.29) is 6.10 Å². The minimum Gasteiger partial charge on any atom is -0.392 e. The normalized spacial score (nSPS) is 35.0. The molecule has 4 nitrogen and oxygen atoms in total. The number of nitrogens with one attached hydrogen (secondary N) is 1. The van der Waals surface area contributed by atoms with Gasteiger partial charge in [-0.2, -0.15) is 0 Å². The lowest BCUT2D eigenvalue weighted by Crippen LogP contribution is -2.47. The summed E-state index contributed by atoms with van der Waals surface area (Å²) >= 11 is 0. The van der Waals surface area contributed by atoms with E-state index < -0.39 is 0 Å². The molecule has 0 bridgehead atoms. The Morgan fingerprint density at radius 3 is 2.67 bits per heavy atom. The average Bonchev–Trinajstić information content (AvgIpc) is 3.19. The number of rotatable bonds is 7. The molecule has 122 valence electrons. The van der Waals surface area contributed by atoms with Crippen LogP contribution in [0.3, 0.4) is 0 Å². The van der Waals surface area contributed by atoms with Crippen LogP contribution in [0, 0.1) is 5.92 Å². The second-order valence-electron chi connectivity index (χ2n) is 7.22. The van der Waals surface area contributed by atoms with E-state index in [1.807, 2.05) is 0 Å². The molecule has 3 fully saturated rings. The molecule has 2 N–H and O–H groups in total. The zero-order valence-electron chi connectivity index (χ0n) is 13.3. The van der Waals surface area contributed by atoms with Crippen LogP contribution < -0.4 is 5.32 Å². The van der Waals surface area contributed by atoms with Crippen LogP contribution in [0.15, 0.2) is 0 Å². The monoisotopic (exact) mass is 296 g/mol. The van der Waals surface area contributed by atoms with Crippen molar-refractivity contribution in [3.63, 3.8) is 0 Å². The van der Waals surface area contributed by atoms with Gasteiger partial charge in [-0.1, -0.05) is 19.3 Å². The van der Waals surface area contributed by atoms with Crippen molar-refractivity contribution in [2.45, 2.75) is 69.6 Å². The summed E-state index contributed by atoms with van der Waals surface area (Å²) in [6.07, 6.45) is 10.3. The maximum absolute atomic E-state index is 9.71. The van der Waals surface area contributed by atoms with E-state index in [0.717, 1.165) is 45.2 Å². The largest absolute Gasteiger partial charge is 0.392 e. The van der Waals surface area contributed by atoms with Gasteiger partial charge >= 0.3 is 0 Å². The summed E-state index contributed by atoms with van der Waals surface area (Å²) < 4.78 is 5.84. The molecule has 1 heterocycles. The predicted octanol–water partition coefficient (Wildman–Crippen LogP) is 1.77. The fourth-order valence-electron chi connectivity index (χ4n) is 4.43. The first-order valence-electron chi connectivity index (χ1n) is 9.06. The molecule has 0 amide bonds. The van der Waals surface area contributed by atoms with E-state index in [1.165, 1.54) is 44.9 Å². The highest BCUT2D eigenvalue weighted by molar-refractivity contribution is 4.93. The van der Waals surface area contributed by atoms with Gasteiger partial charge < -0.3 is 15.2 Å². The van der Waals surface area contributed by atoms with Crippen LogP contribution in [0.1, 0.15) is 51.4 Å². The Bertz CT molecular complexity index is 307. The van der Waals surface area contributed by atoms with Gasteiger partial charge in [0.25, 0.3) is 0 Å². The van der Waals surface area contributed by atoms with Crippen LogP contribution in [0.4, 0.5) is 0 Å². The van der Waals surface area contributed by atoms with Crippen molar-refractivity contribution in [1.29, 1.82) is 0 Å². The van der Waals surface area contributed by atoms with Gasteiger partial charge in [-0.05, 0) is 38.0 Å². The maximum atomic E-state index is 9.71. The number of likely N-dealkylation sites (tertiary alicyclic amines) is 1. The summed E-state index contributed by atoms with van der Waals surface area (Å²) in [6.45, 7) is 4.74. The zero-order chi connectivity index (χ0) is 14.5. The number of β-amino-alcohol motifs (C(OH)–C–C–N with tert-alkyl or cyclic N) is 1. The molecule has 0 aromatic carbocycles. The summed E-state index contributed by atoms with van der Waals surface area (Å²) in [4.78, 5) is 2.49. The quantitative estimate of drug-likeness (QED) is 0.703. The highest BCUT2D eigenvalue weighted by Crippen LogP contribution is 2.27. The first kappa shape index (κ1) is 15.7. The van der Waals surface area contributed by atoms with Gasteiger partial charge in [-0.15, -0.1) is 0 Å². The summed E-state index contributed by atoms with van der Waals surface area (Å²) in [6, 6.07) is 1.24. The average molecular weight is 296 g/mol. The lowest BCUT2D eigenvalue weighted by atomic mass is 10.1. The van der Waals surface area contributed by atoms with Gasteiger partial charge in [-0.25, -0.2) is 0 Å². The fourth-order valence-corrected chi connectivity index (χ4v) is 4.43. The molecule has 2 saturated carbocycles. The van der Waals surface area contributed by atoms with Crippen molar-refractivity contribution in [3.05, 3.63) is 0 Å². The molecule has 2 aliphatic carbocycles. The number of aliphatic hydroxyl groups is 1. The molecule has 1 saturated heterocycles. The third-order valence-electron chi connectivity index (χ3n) is 5.62. The summed E-state index contributed by atoms with van der Waals surface area (Å²) in [7, 11) is 0. The molecule has 0 radical (unpaired) electrons. The Kier molecular flexibility index (Phi) is 5.92. The summed E-state index contributed by atoms with van der Waals surface area (Å²) in [5.74, 6) is 0.829. The Balaban J connectivity index is 1.30. The molecule has 4 heteroatoms. The fraction of sp³-hybridized carbons (Fsp3) is 1.00. The van der Waals surface area contributed by atoms with Gasteiger partial charge in [0.1, 0.15) is 0 Å². The Hall–Kier alpha value is -0.160.